The lowest BCUT2D eigenvalue weighted by molar-refractivity contribution is -0.116. The van der Waals surface area contributed by atoms with Crippen LogP contribution in [0.1, 0.15) is 24.8 Å². The predicted octanol–water partition coefficient (Wildman–Crippen LogP) is 6.54. The van der Waals surface area contributed by atoms with Gasteiger partial charge in [-0.25, -0.2) is 0 Å². The predicted molar refractivity (Wildman–Crippen MR) is 107 cm³/mol. The van der Waals surface area contributed by atoms with Crippen molar-refractivity contribution >= 4 is 50.5 Å². The van der Waals surface area contributed by atoms with Crippen molar-refractivity contribution < 1.29 is 9.53 Å². The van der Waals surface area contributed by atoms with Gasteiger partial charge in [0, 0.05) is 22.4 Å². The summed E-state index contributed by atoms with van der Waals surface area (Å²) in [5.74, 6) is 0.529. The number of benzene rings is 1. The van der Waals surface area contributed by atoms with Crippen molar-refractivity contribution in [1.82, 2.24) is 0 Å². The van der Waals surface area contributed by atoms with Crippen molar-refractivity contribution in [3.05, 3.63) is 73.9 Å². The Bertz CT molecular complexity index is 811. The summed E-state index contributed by atoms with van der Waals surface area (Å²) in [6.45, 7) is 0. The van der Waals surface area contributed by atoms with Crippen molar-refractivity contribution in [3.63, 3.8) is 0 Å². The van der Waals surface area contributed by atoms with Gasteiger partial charge in [0.15, 0.2) is 5.78 Å². The number of ketones is 1. The fourth-order valence-electron chi connectivity index (χ4n) is 3.21. The molecule has 0 bridgehead atoms. The van der Waals surface area contributed by atoms with Crippen molar-refractivity contribution in [1.29, 1.82) is 0 Å². The molecule has 0 aromatic heterocycles. The minimum atomic E-state index is -0.158. The molecular formula is C20H17BrCl2O2. The Morgan fingerprint density at radius 2 is 1.96 bits per heavy atom. The molecule has 0 spiro atoms. The second kappa shape index (κ2) is 7.94. The molecule has 0 aliphatic heterocycles. The van der Waals surface area contributed by atoms with Crippen LogP contribution in [0.5, 0.6) is 0 Å². The number of carbonyl (C=O) groups excluding carboxylic acids is 1. The molecule has 0 saturated carbocycles. The van der Waals surface area contributed by atoms with E-state index in [0.717, 1.165) is 16.5 Å². The van der Waals surface area contributed by atoms with Crippen molar-refractivity contribution in [2.24, 2.45) is 5.92 Å². The molecule has 2 nitrogen and oxygen atoms in total. The highest BCUT2D eigenvalue weighted by atomic mass is 79.9. The number of Topliss-reactive ketones (excluding diaryl/α,β-unsaturated/α-hetero) is 1. The Kier molecular flexibility index (Phi) is 5.88. The highest BCUT2D eigenvalue weighted by Gasteiger charge is 2.37. The first-order valence-electron chi connectivity index (χ1n) is 7.99. The maximum Gasteiger partial charge on any atom is 0.170 e. The second-order valence-corrected chi connectivity index (χ2v) is 7.75. The van der Waals surface area contributed by atoms with E-state index in [4.69, 9.17) is 27.9 Å². The van der Waals surface area contributed by atoms with Crippen molar-refractivity contribution in [2.75, 3.05) is 7.11 Å². The third-order valence-electron chi connectivity index (χ3n) is 4.39. The molecule has 1 unspecified atom stereocenters. The average molecular weight is 440 g/mol. The number of methoxy groups -OCH3 is 1. The molecule has 2 aliphatic carbocycles. The van der Waals surface area contributed by atoms with E-state index in [1.807, 2.05) is 12.2 Å². The van der Waals surface area contributed by atoms with E-state index in [1.165, 1.54) is 0 Å². The zero-order chi connectivity index (χ0) is 18.0. The van der Waals surface area contributed by atoms with Crippen LogP contribution in [-0.4, -0.2) is 12.9 Å². The number of halogens is 3. The van der Waals surface area contributed by atoms with Crippen LogP contribution in [-0.2, 0) is 9.53 Å². The topological polar surface area (TPSA) is 26.3 Å². The summed E-state index contributed by atoms with van der Waals surface area (Å²) in [6, 6.07) is 3.48. The molecular weight excluding hydrogens is 423 g/mol. The maximum atomic E-state index is 13.1. The number of hydrogen-bond donors (Lipinski definition) is 0. The van der Waals surface area contributed by atoms with Gasteiger partial charge < -0.3 is 4.74 Å². The zero-order valence-corrected chi connectivity index (χ0v) is 16.8. The number of rotatable bonds is 4. The molecule has 0 amide bonds. The van der Waals surface area contributed by atoms with Crippen LogP contribution >= 0.6 is 39.1 Å². The molecule has 25 heavy (non-hydrogen) atoms. The minimum absolute atomic E-state index is 0.0366. The van der Waals surface area contributed by atoms with Gasteiger partial charge in [0.2, 0.25) is 0 Å². The standard InChI is InChI=1S/C20H17BrCl2O2/c1-25-17-9-13(8-12-6-4-2-3-5-7-12)20(24)19(17)18-15(22)10-14(21)11-16(18)23/h2-4,6-7,10-11,13H,5,8-9H2,1H3. The van der Waals surface area contributed by atoms with Crippen molar-refractivity contribution in [3.8, 4) is 0 Å². The van der Waals surface area contributed by atoms with Crippen molar-refractivity contribution in [2.45, 2.75) is 19.3 Å². The van der Waals surface area contributed by atoms with Gasteiger partial charge in [0.25, 0.3) is 0 Å². The van der Waals surface area contributed by atoms with E-state index in [1.54, 1.807) is 19.2 Å². The lowest BCUT2D eigenvalue weighted by atomic mass is 9.92. The quantitative estimate of drug-likeness (QED) is 0.532. The van der Waals surface area contributed by atoms with E-state index in [2.05, 4.69) is 34.2 Å². The van der Waals surface area contributed by atoms with Gasteiger partial charge >= 0.3 is 0 Å². The molecule has 130 valence electrons. The molecule has 0 radical (unpaired) electrons. The molecule has 3 rings (SSSR count). The number of allylic oxidation sites excluding steroid dienone is 8. The van der Waals surface area contributed by atoms with E-state index in [9.17, 15) is 4.79 Å². The second-order valence-electron chi connectivity index (χ2n) is 6.02. The molecule has 0 saturated heterocycles. The molecule has 0 heterocycles. The highest BCUT2D eigenvalue weighted by molar-refractivity contribution is 9.10. The molecule has 2 aliphatic rings. The number of carbonyl (C=O) groups is 1. The summed E-state index contributed by atoms with van der Waals surface area (Å²) in [7, 11) is 1.58. The van der Waals surface area contributed by atoms with Gasteiger partial charge in [-0.1, -0.05) is 75.1 Å². The Morgan fingerprint density at radius 3 is 2.64 bits per heavy atom. The van der Waals surface area contributed by atoms with Crippen LogP contribution in [0.15, 0.2) is 58.3 Å². The maximum absolute atomic E-state index is 13.1. The summed E-state index contributed by atoms with van der Waals surface area (Å²) in [4.78, 5) is 13.1. The zero-order valence-electron chi connectivity index (χ0n) is 13.7. The summed E-state index contributed by atoms with van der Waals surface area (Å²) < 4.78 is 6.29. The lowest BCUT2D eigenvalue weighted by Gasteiger charge is -2.12. The fourth-order valence-corrected chi connectivity index (χ4v) is 4.61. The molecule has 1 atom stereocenters. The normalized spacial score (nSPS) is 20.1. The van der Waals surface area contributed by atoms with Gasteiger partial charge in [-0.15, -0.1) is 0 Å². The third kappa shape index (κ3) is 3.94. The minimum Gasteiger partial charge on any atom is -0.500 e. The Labute approximate surface area is 166 Å². The van der Waals surface area contributed by atoms with E-state index < -0.39 is 0 Å². The first-order valence-corrected chi connectivity index (χ1v) is 9.54. The largest absolute Gasteiger partial charge is 0.500 e. The highest BCUT2D eigenvalue weighted by Crippen LogP contribution is 2.44. The van der Waals surface area contributed by atoms with Crippen LogP contribution in [0.25, 0.3) is 5.57 Å². The SMILES string of the molecule is COC1=C(c2c(Cl)cc(Br)cc2Cl)C(=O)C(CC2=CCC=CC=C2)C1. The fraction of sp³-hybridized carbons (Fsp3) is 0.250. The Morgan fingerprint density at radius 1 is 1.24 bits per heavy atom. The van der Waals surface area contributed by atoms with Gasteiger partial charge in [0.05, 0.1) is 22.7 Å². The van der Waals surface area contributed by atoms with Crippen LogP contribution < -0.4 is 0 Å². The van der Waals surface area contributed by atoms with Crippen LogP contribution in [0.4, 0.5) is 0 Å². The van der Waals surface area contributed by atoms with Gasteiger partial charge in [0.1, 0.15) is 5.76 Å². The molecule has 0 fully saturated rings. The van der Waals surface area contributed by atoms with Gasteiger partial charge in [-0.2, -0.15) is 0 Å². The smallest absolute Gasteiger partial charge is 0.170 e. The molecule has 0 N–H and O–H groups in total. The van der Waals surface area contributed by atoms with Crippen LogP contribution in [0.2, 0.25) is 10.0 Å². The summed E-state index contributed by atoms with van der Waals surface area (Å²) >= 11 is 16.1. The molecule has 5 heteroatoms. The molecule has 1 aromatic rings. The lowest BCUT2D eigenvalue weighted by Crippen LogP contribution is -2.11. The third-order valence-corrected chi connectivity index (χ3v) is 5.44. The monoisotopic (exact) mass is 438 g/mol. The Balaban J connectivity index is 1.92. The van der Waals surface area contributed by atoms with E-state index >= 15 is 0 Å². The summed E-state index contributed by atoms with van der Waals surface area (Å²) in [5, 5.41) is 0.881. The average Bonchev–Trinajstić information content (AvgIpc) is 2.74. The Hall–Kier alpha value is -1.29. The summed E-state index contributed by atoms with van der Waals surface area (Å²) in [5.41, 5.74) is 2.22. The summed E-state index contributed by atoms with van der Waals surface area (Å²) in [6.07, 6.45) is 12.4. The first-order chi connectivity index (χ1) is 12.0. The van der Waals surface area contributed by atoms with E-state index in [0.29, 0.717) is 39.8 Å². The van der Waals surface area contributed by atoms with Crippen LogP contribution in [0.3, 0.4) is 0 Å². The molecule has 1 aromatic carbocycles. The number of ether oxygens (including phenoxy) is 1. The van der Waals surface area contributed by atoms with Crippen LogP contribution in [0, 0.1) is 5.92 Å². The number of hydrogen-bond acceptors (Lipinski definition) is 2. The first kappa shape index (κ1) is 18.5. The van der Waals surface area contributed by atoms with Gasteiger partial charge in [-0.3, -0.25) is 4.79 Å². The van der Waals surface area contributed by atoms with E-state index in [-0.39, 0.29) is 11.7 Å². The van der Waals surface area contributed by atoms with Gasteiger partial charge in [-0.05, 0) is 25.0 Å².